The first kappa shape index (κ1) is 9.48. The van der Waals surface area contributed by atoms with Crippen LogP contribution in [0.5, 0.6) is 0 Å². The molecule has 4 heteroatoms. The second-order valence-electron chi connectivity index (χ2n) is 2.56. The SMILES string of the molecule is O=Cc1c(S)sc2c(I)cccc12. The maximum absolute atomic E-state index is 10.8. The van der Waals surface area contributed by atoms with Gasteiger partial charge in [-0.05, 0) is 28.7 Å². The third-order valence-corrected chi connectivity index (χ3v) is 4.64. The van der Waals surface area contributed by atoms with Crippen molar-refractivity contribution in [3.05, 3.63) is 27.3 Å². The molecule has 1 nitrogen and oxygen atoms in total. The maximum Gasteiger partial charge on any atom is 0.152 e. The van der Waals surface area contributed by atoms with Crippen LogP contribution in [0.4, 0.5) is 0 Å². The summed E-state index contributed by atoms with van der Waals surface area (Å²) in [5.41, 5.74) is 0.710. The number of carbonyl (C=O) groups excluding carboxylic acids is 1. The lowest BCUT2D eigenvalue weighted by Crippen LogP contribution is -1.77. The normalized spacial score (nSPS) is 10.6. The van der Waals surface area contributed by atoms with E-state index in [4.69, 9.17) is 0 Å². The molecule has 0 aliphatic heterocycles. The quantitative estimate of drug-likeness (QED) is 0.483. The second kappa shape index (κ2) is 3.59. The van der Waals surface area contributed by atoms with E-state index < -0.39 is 0 Å². The van der Waals surface area contributed by atoms with Crippen molar-refractivity contribution in [3.63, 3.8) is 0 Å². The molecule has 1 heterocycles. The van der Waals surface area contributed by atoms with Gasteiger partial charge in [0.15, 0.2) is 6.29 Å². The van der Waals surface area contributed by atoms with Gasteiger partial charge in [-0.1, -0.05) is 12.1 Å². The number of halogens is 1. The minimum Gasteiger partial charge on any atom is -0.298 e. The van der Waals surface area contributed by atoms with Crippen molar-refractivity contribution in [2.45, 2.75) is 4.21 Å². The van der Waals surface area contributed by atoms with E-state index in [9.17, 15) is 4.79 Å². The van der Waals surface area contributed by atoms with Gasteiger partial charge in [0.1, 0.15) is 0 Å². The molecule has 0 amide bonds. The molecule has 0 N–H and O–H groups in total. The number of fused-ring (bicyclic) bond motifs is 1. The van der Waals surface area contributed by atoms with Gasteiger partial charge in [-0.15, -0.1) is 24.0 Å². The van der Waals surface area contributed by atoms with Gasteiger partial charge in [0.2, 0.25) is 0 Å². The topological polar surface area (TPSA) is 17.1 Å². The summed E-state index contributed by atoms with van der Waals surface area (Å²) in [4.78, 5) is 10.8. The van der Waals surface area contributed by atoms with Gasteiger partial charge in [0.25, 0.3) is 0 Å². The molecule has 0 atom stereocenters. The molecule has 1 aromatic carbocycles. The standard InChI is InChI=1S/C9H5IOS2/c10-7-3-1-2-5-6(4-11)9(12)13-8(5)7/h1-4,12H. The number of thiophene rings is 1. The van der Waals surface area contributed by atoms with Crippen LogP contribution in [-0.4, -0.2) is 6.29 Å². The van der Waals surface area contributed by atoms with Gasteiger partial charge in [-0.3, -0.25) is 4.79 Å². The van der Waals surface area contributed by atoms with E-state index in [0.29, 0.717) is 5.56 Å². The van der Waals surface area contributed by atoms with E-state index in [-0.39, 0.29) is 0 Å². The molecule has 0 saturated carbocycles. The summed E-state index contributed by atoms with van der Waals surface area (Å²) < 4.78 is 3.12. The molecule has 0 spiro atoms. The molecule has 66 valence electrons. The van der Waals surface area contributed by atoms with E-state index in [1.54, 1.807) is 11.3 Å². The lowest BCUT2D eigenvalue weighted by molar-refractivity contribution is 0.112. The molecule has 0 saturated heterocycles. The van der Waals surface area contributed by atoms with Crippen LogP contribution >= 0.6 is 46.6 Å². The Morgan fingerprint density at radius 1 is 1.46 bits per heavy atom. The Labute approximate surface area is 98.7 Å². The number of hydrogen-bond acceptors (Lipinski definition) is 3. The molecule has 0 radical (unpaired) electrons. The van der Waals surface area contributed by atoms with E-state index in [2.05, 4.69) is 35.2 Å². The van der Waals surface area contributed by atoms with Crippen molar-refractivity contribution in [3.8, 4) is 0 Å². The van der Waals surface area contributed by atoms with Crippen molar-refractivity contribution in [1.82, 2.24) is 0 Å². The third-order valence-electron chi connectivity index (χ3n) is 1.80. The lowest BCUT2D eigenvalue weighted by Gasteiger charge is -1.92. The Morgan fingerprint density at radius 2 is 2.23 bits per heavy atom. The number of thiol groups is 1. The van der Waals surface area contributed by atoms with Gasteiger partial charge in [-0.2, -0.15) is 0 Å². The Hall–Kier alpha value is -0.0700. The molecule has 1 aromatic heterocycles. The highest BCUT2D eigenvalue weighted by Gasteiger charge is 2.09. The zero-order chi connectivity index (χ0) is 9.42. The number of aldehydes is 1. The van der Waals surface area contributed by atoms with Crippen LogP contribution in [0, 0.1) is 3.57 Å². The fourth-order valence-corrected chi connectivity index (χ4v) is 3.40. The van der Waals surface area contributed by atoms with Crippen LogP contribution in [0.25, 0.3) is 10.1 Å². The Morgan fingerprint density at radius 3 is 2.92 bits per heavy atom. The van der Waals surface area contributed by atoms with Crippen molar-refractivity contribution in [2.75, 3.05) is 0 Å². The molecule has 0 fully saturated rings. The first-order chi connectivity index (χ1) is 6.24. The number of carbonyl (C=O) groups is 1. The summed E-state index contributed by atoms with van der Waals surface area (Å²) in [6.07, 6.45) is 0.872. The minimum atomic E-state index is 0.710. The van der Waals surface area contributed by atoms with Crippen LogP contribution in [0.3, 0.4) is 0 Å². The van der Waals surface area contributed by atoms with Gasteiger partial charge >= 0.3 is 0 Å². The average Bonchev–Trinajstić information content (AvgIpc) is 2.43. The van der Waals surface area contributed by atoms with Crippen LogP contribution in [0.2, 0.25) is 0 Å². The highest BCUT2D eigenvalue weighted by molar-refractivity contribution is 14.1. The lowest BCUT2D eigenvalue weighted by atomic mass is 10.2. The maximum atomic E-state index is 10.8. The van der Waals surface area contributed by atoms with Crippen LogP contribution in [0.15, 0.2) is 22.4 Å². The van der Waals surface area contributed by atoms with Crippen molar-refractivity contribution >= 4 is 62.9 Å². The summed E-state index contributed by atoms with van der Waals surface area (Å²) in [5, 5.41) is 1.01. The summed E-state index contributed by atoms with van der Waals surface area (Å²) in [6, 6.07) is 5.94. The van der Waals surface area contributed by atoms with Crippen molar-refractivity contribution < 1.29 is 4.79 Å². The zero-order valence-electron chi connectivity index (χ0n) is 6.45. The summed E-state index contributed by atoms with van der Waals surface area (Å²) >= 11 is 8.09. The fraction of sp³-hybridized carbons (Fsp3) is 0. The molecule has 0 aliphatic carbocycles. The van der Waals surface area contributed by atoms with Crippen molar-refractivity contribution in [1.29, 1.82) is 0 Å². The molecule has 13 heavy (non-hydrogen) atoms. The van der Waals surface area contributed by atoms with Gasteiger partial charge in [0.05, 0.1) is 4.21 Å². The molecule has 2 aromatic rings. The van der Waals surface area contributed by atoms with E-state index in [1.807, 2.05) is 18.2 Å². The Kier molecular flexibility index (Phi) is 2.62. The van der Waals surface area contributed by atoms with Crippen molar-refractivity contribution in [2.24, 2.45) is 0 Å². The predicted molar refractivity (Wildman–Crippen MR) is 67.2 cm³/mol. The van der Waals surface area contributed by atoms with Crippen LogP contribution in [-0.2, 0) is 0 Å². The number of rotatable bonds is 1. The second-order valence-corrected chi connectivity index (χ2v) is 5.49. The highest BCUT2D eigenvalue weighted by atomic mass is 127. The summed E-state index contributed by atoms with van der Waals surface area (Å²) in [5.74, 6) is 0. The molecular weight excluding hydrogens is 315 g/mol. The number of hydrogen-bond donors (Lipinski definition) is 1. The van der Waals surface area contributed by atoms with Gasteiger partial charge in [0, 0.05) is 19.2 Å². The first-order valence-corrected chi connectivity index (χ1v) is 5.93. The van der Waals surface area contributed by atoms with Gasteiger partial charge in [-0.25, -0.2) is 0 Å². The van der Waals surface area contributed by atoms with Crippen LogP contribution in [0.1, 0.15) is 10.4 Å². The third kappa shape index (κ3) is 1.51. The molecule has 0 unspecified atom stereocenters. The minimum absolute atomic E-state index is 0.710. The number of benzene rings is 1. The van der Waals surface area contributed by atoms with E-state index in [0.717, 1.165) is 20.6 Å². The average molecular weight is 320 g/mol. The predicted octanol–water partition coefficient (Wildman–Crippen LogP) is 3.61. The summed E-state index contributed by atoms with van der Waals surface area (Å²) in [6.45, 7) is 0. The van der Waals surface area contributed by atoms with Crippen LogP contribution < -0.4 is 0 Å². The molecule has 0 aliphatic rings. The molecular formula is C9H5IOS2. The Bertz CT molecular complexity index is 476. The zero-order valence-corrected chi connectivity index (χ0v) is 10.3. The van der Waals surface area contributed by atoms with E-state index in [1.165, 1.54) is 3.57 Å². The first-order valence-electron chi connectivity index (χ1n) is 3.59. The smallest absolute Gasteiger partial charge is 0.152 e. The Balaban J connectivity index is 2.93. The van der Waals surface area contributed by atoms with Gasteiger partial charge < -0.3 is 0 Å². The summed E-state index contributed by atoms with van der Waals surface area (Å²) in [7, 11) is 0. The highest BCUT2D eigenvalue weighted by Crippen LogP contribution is 2.35. The molecule has 2 rings (SSSR count). The van der Waals surface area contributed by atoms with E-state index >= 15 is 0 Å². The fourth-order valence-electron chi connectivity index (χ4n) is 1.21. The molecule has 0 bridgehead atoms. The monoisotopic (exact) mass is 320 g/mol. The largest absolute Gasteiger partial charge is 0.298 e.